The minimum absolute atomic E-state index is 0.698. The highest BCUT2D eigenvalue weighted by molar-refractivity contribution is 9.10. The number of piperazine rings is 1. The molecule has 3 rings (SSSR count). The number of nitrogens with zero attached hydrogens (tertiary/aromatic N) is 1. The fraction of sp³-hybridized carbons (Fsp3) is 0.538. The number of hydrogen-bond donors (Lipinski definition) is 1. The monoisotopic (exact) mass is 312 g/mol. The number of rotatable bonds is 2. The van der Waals surface area contributed by atoms with E-state index in [0.29, 0.717) is 5.92 Å². The van der Waals surface area contributed by atoms with Crippen LogP contribution in [-0.2, 0) is 0 Å². The zero-order valence-corrected chi connectivity index (χ0v) is 12.2. The summed E-state index contributed by atoms with van der Waals surface area (Å²) in [5.74, 6) is 1.94. The summed E-state index contributed by atoms with van der Waals surface area (Å²) in [6, 6.07) is 6.57. The quantitative estimate of drug-likeness (QED) is 0.903. The van der Waals surface area contributed by atoms with Gasteiger partial charge in [0.05, 0.1) is 0 Å². The second-order valence-electron chi connectivity index (χ2n) is 4.71. The molecule has 1 saturated heterocycles. The molecule has 17 heavy (non-hydrogen) atoms. The molecule has 2 heterocycles. The van der Waals surface area contributed by atoms with Gasteiger partial charge in [-0.25, -0.2) is 0 Å². The third kappa shape index (κ3) is 2.55. The lowest BCUT2D eigenvalue weighted by Crippen LogP contribution is -2.45. The van der Waals surface area contributed by atoms with Crippen LogP contribution in [0.5, 0.6) is 0 Å². The van der Waals surface area contributed by atoms with Gasteiger partial charge in [0.15, 0.2) is 0 Å². The number of halogens is 1. The third-order valence-electron chi connectivity index (χ3n) is 3.55. The maximum absolute atomic E-state index is 3.71. The van der Waals surface area contributed by atoms with Crippen molar-refractivity contribution in [3.05, 3.63) is 28.2 Å². The zero-order chi connectivity index (χ0) is 11.7. The van der Waals surface area contributed by atoms with E-state index in [4.69, 9.17) is 0 Å². The van der Waals surface area contributed by atoms with E-state index in [9.17, 15) is 0 Å². The highest BCUT2D eigenvalue weighted by Crippen LogP contribution is 2.43. The highest BCUT2D eigenvalue weighted by atomic mass is 79.9. The summed E-state index contributed by atoms with van der Waals surface area (Å²) in [4.78, 5) is 4.07. The molecule has 1 aromatic carbocycles. The Hall–Kier alpha value is -0.0300. The predicted molar refractivity (Wildman–Crippen MR) is 76.9 cm³/mol. The van der Waals surface area contributed by atoms with Gasteiger partial charge in [-0.3, -0.25) is 0 Å². The number of thioether (sulfide) groups is 1. The Morgan fingerprint density at radius 3 is 3.00 bits per heavy atom. The maximum atomic E-state index is 3.71. The molecule has 1 unspecified atom stereocenters. The lowest BCUT2D eigenvalue weighted by atomic mass is 10.0. The smallest absolute Gasteiger partial charge is 0.0222 e. The van der Waals surface area contributed by atoms with Gasteiger partial charge in [0.2, 0.25) is 0 Å². The number of fused-ring (bicyclic) bond motifs is 1. The summed E-state index contributed by atoms with van der Waals surface area (Å²) in [5.41, 5.74) is 1.54. The molecule has 2 nitrogen and oxygen atoms in total. The average Bonchev–Trinajstić information content (AvgIpc) is 2.75. The van der Waals surface area contributed by atoms with E-state index in [1.165, 1.54) is 40.3 Å². The molecule has 0 radical (unpaired) electrons. The first-order valence-corrected chi connectivity index (χ1v) is 7.97. The largest absolute Gasteiger partial charge is 0.314 e. The first-order chi connectivity index (χ1) is 8.34. The molecule has 0 saturated carbocycles. The Kier molecular flexibility index (Phi) is 3.75. The summed E-state index contributed by atoms with van der Waals surface area (Å²) in [6.45, 7) is 5.89. The van der Waals surface area contributed by atoms with Crippen LogP contribution in [0.3, 0.4) is 0 Å². The van der Waals surface area contributed by atoms with Crippen molar-refractivity contribution in [1.29, 1.82) is 0 Å². The molecule has 0 aromatic heterocycles. The van der Waals surface area contributed by atoms with Gasteiger partial charge in [0.1, 0.15) is 0 Å². The van der Waals surface area contributed by atoms with Crippen molar-refractivity contribution in [2.75, 3.05) is 38.5 Å². The molecule has 1 aromatic rings. The van der Waals surface area contributed by atoms with Crippen molar-refractivity contribution >= 4 is 27.7 Å². The van der Waals surface area contributed by atoms with Crippen molar-refractivity contribution in [3.63, 3.8) is 0 Å². The van der Waals surface area contributed by atoms with Gasteiger partial charge in [0.25, 0.3) is 0 Å². The van der Waals surface area contributed by atoms with E-state index in [1.807, 2.05) is 11.8 Å². The van der Waals surface area contributed by atoms with E-state index >= 15 is 0 Å². The third-order valence-corrected chi connectivity index (χ3v) is 5.48. The molecule has 1 N–H and O–H groups in total. The second-order valence-corrected chi connectivity index (χ2v) is 6.63. The van der Waals surface area contributed by atoms with Gasteiger partial charge in [-0.15, -0.1) is 11.8 Å². The van der Waals surface area contributed by atoms with Gasteiger partial charge in [-0.2, -0.15) is 0 Å². The molecule has 0 spiro atoms. The van der Waals surface area contributed by atoms with Gasteiger partial charge < -0.3 is 10.2 Å². The molecule has 1 atom stereocenters. The van der Waals surface area contributed by atoms with Gasteiger partial charge in [-0.1, -0.05) is 22.0 Å². The number of nitrogens with one attached hydrogen (secondary N) is 1. The Morgan fingerprint density at radius 2 is 2.18 bits per heavy atom. The van der Waals surface area contributed by atoms with Crippen LogP contribution in [0, 0.1) is 0 Å². The SMILES string of the molecule is Brc1cccc2c1C(CN1CCNCC1)CS2. The van der Waals surface area contributed by atoms with Gasteiger partial charge in [-0.05, 0) is 17.7 Å². The fourth-order valence-corrected chi connectivity index (χ4v) is 4.74. The first-order valence-electron chi connectivity index (χ1n) is 6.19. The molecule has 0 amide bonds. The number of benzene rings is 1. The summed E-state index contributed by atoms with van der Waals surface area (Å²) in [6.07, 6.45) is 0. The molecule has 2 aliphatic heterocycles. The molecule has 0 aliphatic carbocycles. The van der Waals surface area contributed by atoms with Crippen molar-refractivity contribution in [2.24, 2.45) is 0 Å². The summed E-state index contributed by atoms with van der Waals surface area (Å²) >= 11 is 5.71. The maximum Gasteiger partial charge on any atom is 0.0222 e. The molecule has 4 heteroatoms. The molecule has 2 aliphatic rings. The van der Waals surface area contributed by atoms with Gasteiger partial charge in [0, 0.05) is 53.8 Å². The Labute approximate surface area is 115 Å². The Bertz CT molecular complexity index is 404. The van der Waals surface area contributed by atoms with Crippen LogP contribution in [0.15, 0.2) is 27.6 Å². The standard InChI is InChI=1S/C13H17BrN2S/c14-11-2-1-3-12-13(11)10(9-17-12)8-16-6-4-15-5-7-16/h1-3,10,15H,4-9H2. The van der Waals surface area contributed by atoms with Crippen molar-refractivity contribution in [1.82, 2.24) is 10.2 Å². The topological polar surface area (TPSA) is 15.3 Å². The van der Waals surface area contributed by atoms with Gasteiger partial charge >= 0.3 is 0 Å². The summed E-state index contributed by atoms with van der Waals surface area (Å²) in [5, 5.41) is 3.41. The van der Waals surface area contributed by atoms with Crippen LogP contribution in [0.1, 0.15) is 11.5 Å². The van der Waals surface area contributed by atoms with E-state index in [1.54, 1.807) is 0 Å². The van der Waals surface area contributed by atoms with Crippen LogP contribution in [0.4, 0.5) is 0 Å². The minimum atomic E-state index is 0.698. The van der Waals surface area contributed by atoms with Crippen LogP contribution in [-0.4, -0.2) is 43.4 Å². The first kappa shape index (κ1) is 12.0. The zero-order valence-electron chi connectivity index (χ0n) is 9.79. The lowest BCUT2D eigenvalue weighted by molar-refractivity contribution is 0.231. The van der Waals surface area contributed by atoms with Crippen molar-refractivity contribution in [3.8, 4) is 0 Å². The normalized spacial score (nSPS) is 24.9. The van der Waals surface area contributed by atoms with Crippen LogP contribution >= 0.6 is 27.7 Å². The predicted octanol–water partition coefficient (Wildman–Crippen LogP) is 2.54. The average molecular weight is 313 g/mol. The molecule has 0 bridgehead atoms. The molecule has 92 valence electrons. The number of hydrogen-bond acceptors (Lipinski definition) is 3. The van der Waals surface area contributed by atoms with Crippen molar-refractivity contribution in [2.45, 2.75) is 10.8 Å². The van der Waals surface area contributed by atoms with E-state index in [2.05, 4.69) is 44.3 Å². The van der Waals surface area contributed by atoms with E-state index in [-0.39, 0.29) is 0 Å². The summed E-state index contributed by atoms with van der Waals surface area (Å²) < 4.78 is 1.29. The van der Waals surface area contributed by atoms with Crippen LogP contribution in [0.2, 0.25) is 0 Å². The summed E-state index contributed by atoms with van der Waals surface area (Å²) in [7, 11) is 0. The van der Waals surface area contributed by atoms with Crippen LogP contribution < -0.4 is 5.32 Å². The van der Waals surface area contributed by atoms with E-state index < -0.39 is 0 Å². The molecular weight excluding hydrogens is 296 g/mol. The highest BCUT2D eigenvalue weighted by Gasteiger charge is 2.27. The van der Waals surface area contributed by atoms with Crippen LogP contribution in [0.25, 0.3) is 0 Å². The van der Waals surface area contributed by atoms with E-state index in [0.717, 1.165) is 13.1 Å². The lowest BCUT2D eigenvalue weighted by Gasteiger charge is -2.29. The Morgan fingerprint density at radius 1 is 1.35 bits per heavy atom. The molecular formula is C13H17BrN2S. The minimum Gasteiger partial charge on any atom is -0.314 e. The second kappa shape index (κ2) is 5.31. The van der Waals surface area contributed by atoms with Crippen molar-refractivity contribution < 1.29 is 0 Å². The Balaban J connectivity index is 1.74. The molecule has 1 fully saturated rings. The fourth-order valence-electron chi connectivity index (χ4n) is 2.66.